The van der Waals surface area contributed by atoms with Crippen molar-refractivity contribution in [2.24, 2.45) is 11.3 Å². The zero-order valence-corrected chi connectivity index (χ0v) is 14.8. The Bertz CT molecular complexity index is 713. The molecule has 1 aliphatic carbocycles. The molecule has 0 radical (unpaired) electrons. The molecule has 0 saturated heterocycles. The Balaban J connectivity index is 1.66. The number of urea groups is 1. The van der Waals surface area contributed by atoms with Crippen LogP contribution < -0.4 is 5.32 Å². The normalized spacial score (nSPS) is 17.8. The van der Waals surface area contributed by atoms with Gasteiger partial charge < -0.3 is 15.3 Å². The summed E-state index contributed by atoms with van der Waals surface area (Å²) in [6, 6.07) is 10.7. The highest BCUT2D eigenvalue weighted by molar-refractivity contribution is 5.74. The molecule has 1 heterocycles. The summed E-state index contributed by atoms with van der Waals surface area (Å²) in [5.74, 6) is 0.786. The Hall–Kier alpha value is -2.56. The Morgan fingerprint density at radius 2 is 1.92 bits per heavy atom. The van der Waals surface area contributed by atoms with Crippen molar-refractivity contribution in [2.75, 3.05) is 6.54 Å². The maximum absolute atomic E-state index is 12.7. The SMILES string of the molecule is CC1(C)C[C@H]1CNC(=O)N(Cc1ccc(O)cc1)Cc1cccnc1. The highest BCUT2D eigenvalue weighted by Crippen LogP contribution is 2.50. The highest BCUT2D eigenvalue weighted by Gasteiger charge is 2.45. The number of benzene rings is 1. The molecule has 1 aromatic carbocycles. The average Bonchev–Trinajstić information content (AvgIpc) is 3.22. The Morgan fingerprint density at radius 1 is 1.24 bits per heavy atom. The van der Waals surface area contributed by atoms with Crippen molar-refractivity contribution in [3.05, 3.63) is 59.9 Å². The first kappa shape index (κ1) is 17.3. The molecule has 0 spiro atoms. The van der Waals surface area contributed by atoms with E-state index in [0.29, 0.717) is 31.0 Å². The van der Waals surface area contributed by atoms with Crippen LogP contribution in [0.25, 0.3) is 0 Å². The molecule has 0 aliphatic heterocycles. The quantitative estimate of drug-likeness (QED) is 0.846. The molecular weight excluding hydrogens is 314 g/mol. The van der Waals surface area contributed by atoms with Crippen LogP contribution in [0.1, 0.15) is 31.4 Å². The number of carbonyl (C=O) groups is 1. The van der Waals surface area contributed by atoms with E-state index in [0.717, 1.165) is 17.5 Å². The number of phenols is 1. The summed E-state index contributed by atoms with van der Waals surface area (Å²) in [7, 11) is 0. The van der Waals surface area contributed by atoms with Crippen LogP contribution >= 0.6 is 0 Å². The lowest BCUT2D eigenvalue weighted by Crippen LogP contribution is -2.40. The zero-order valence-electron chi connectivity index (χ0n) is 14.8. The van der Waals surface area contributed by atoms with E-state index in [-0.39, 0.29) is 11.8 Å². The number of aromatic hydroxyl groups is 1. The molecule has 1 atom stereocenters. The van der Waals surface area contributed by atoms with Gasteiger partial charge >= 0.3 is 6.03 Å². The summed E-state index contributed by atoms with van der Waals surface area (Å²) < 4.78 is 0. The lowest BCUT2D eigenvalue weighted by atomic mass is 10.1. The van der Waals surface area contributed by atoms with E-state index in [1.807, 2.05) is 24.3 Å². The number of aromatic nitrogens is 1. The monoisotopic (exact) mass is 339 g/mol. The second kappa shape index (κ2) is 7.13. The van der Waals surface area contributed by atoms with Gasteiger partial charge in [0.25, 0.3) is 0 Å². The first-order valence-electron chi connectivity index (χ1n) is 8.63. The zero-order chi connectivity index (χ0) is 17.9. The van der Waals surface area contributed by atoms with Gasteiger partial charge in [-0.2, -0.15) is 0 Å². The second-order valence-electron chi connectivity index (χ2n) is 7.46. The fourth-order valence-electron chi connectivity index (χ4n) is 2.98. The first-order chi connectivity index (χ1) is 11.9. The summed E-state index contributed by atoms with van der Waals surface area (Å²) in [5.41, 5.74) is 2.31. The number of rotatable bonds is 6. The van der Waals surface area contributed by atoms with E-state index >= 15 is 0 Å². The standard InChI is InChI=1S/C20H25N3O2/c1-20(2)10-17(20)12-22-19(25)23(14-16-4-3-9-21-11-16)13-15-5-7-18(24)8-6-15/h3-9,11,17,24H,10,12-14H2,1-2H3,(H,22,25)/t17-/m0/s1. The predicted molar refractivity (Wildman–Crippen MR) is 96.9 cm³/mol. The van der Waals surface area contributed by atoms with Gasteiger partial charge in [0, 0.05) is 32.0 Å². The van der Waals surface area contributed by atoms with Crippen molar-refractivity contribution in [2.45, 2.75) is 33.4 Å². The third-order valence-corrected chi connectivity index (χ3v) is 4.91. The van der Waals surface area contributed by atoms with E-state index in [2.05, 4.69) is 24.1 Å². The maximum atomic E-state index is 12.7. The third-order valence-electron chi connectivity index (χ3n) is 4.91. The predicted octanol–water partition coefficient (Wildman–Crippen LogP) is 3.55. The minimum absolute atomic E-state index is 0.0698. The number of phenolic OH excluding ortho intramolecular Hbond substituents is 1. The van der Waals surface area contributed by atoms with Gasteiger partial charge in [-0.05, 0) is 47.1 Å². The van der Waals surface area contributed by atoms with E-state index in [9.17, 15) is 9.90 Å². The van der Waals surface area contributed by atoms with Crippen molar-refractivity contribution in [1.29, 1.82) is 0 Å². The van der Waals surface area contributed by atoms with Gasteiger partial charge in [-0.3, -0.25) is 4.98 Å². The molecular formula is C20H25N3O2. The Labute approximate surface area is 148 Å². The maximum Gasteiger partial charge on any atom is 0.318 e. The number of carbonyl (C=O) groups excluding carboxylic acids is 1. The van der Waals surface area contributed by atoms with Gasteiger partial charge in [-0.1, -0.05) is 32.0 Å². The molecule has 1 aromatic heterocycles. The lowest BCUT2D eigenvalue weighted by molar-refractivity contribution is 0.191. The summed E-state index contributed by atoms with van der Waals surface area (Å²) in [5, 5.41) is 12.5. The van der Waals surface area contributed by atoms with E-state index in [1.165, 1.54) is 0 Å². The molecule has 2 N–H and O–H groups in total. The molecule has 5 heteroatoms. The molecule has 0 unspecified atom stereocenters. The van der Waals surface area contributed by atoms with Gasteiger partial charge in [0.1, 0.15) is 5.75 Å². The van der Waals surface area contributed by atoms with Gasteiger partial charge in [-0.25, -0.2) is 4.79 Å². The van der Waals surface area contributed by atoms with Crippen molar-refractivity contribution < 1.29 is 9.90 Å². The van der Waals surface area contributed by atoms with E-state index < -0.39 is 0 Å². The van der Waals surface area contributed by atoms with Crippen molar-refractivity contribution in [3.63, 3.8) is 0 Å². The topological polar surface area (TPSA) is 65.5 Å². The van der Waals surface area contributed by atoms with E-state index in [1.54, 1.807) is 29.4 Å². The van der Waals surface area contributed by atoms with Crippen LogP contribution in [0.2, 0.25) is 0 Å². The summed E-state index contributed by atoms with van der Waals surface area (Å²) >= 11 is 0. The number of amides is 2. The van der Waals surface area contributed by atoms with E-state index in [4.69, 9.17) is 0 Å². The molecule has 5 nitrogen and oxygen atoms in total. The van der Waals surface area contributed by atoms with Crippen LogP contribution in [-0.2, 0) is 13.1 Å². The minimum atomic E-state index is -0.0698. The molecule has 2 amide bonds. The van der Waals surface area contributed by atoms with Gasteiger partial charge in [0.05, 0.1) is 0 Å². The molecule has 1 fully saturated rings. The number of pyridine rings is 1. The van der Waals surface area contributed by atoms with Gasteiger partial charge in [-0.15, -0.1) is 0 Å². The molecule has 0 bridgehead atoms. The molecule has 2 aromatic rings. The molecule has 3 rings (SSSR count). The summed E-state index contributed by atoms with van der Waals surface area (Å²) in [6.45, 7) is 6.15. The van der Waals surface area contributed by atoms with Crippen LogP contribution in [0.15, 0.2) is 48.8 Å². The largest absolute Gasteiger partial charge is 0.508 e. The second-order valence-corrected chi connectivity index (χ2v) is 7.46. The van der Waals surface area contributed by atoms with Crippen molar-refractivity contribution in [3.8, 4) is 5.75 Å². The van der Waals surface area contributed by atoms with Crippen LogP contribution in [-0.4, -0.2) is 27.6 Å². The minimum Gasteiger partial charge on any atom is -0.508 e. The number of hydrogen-bond acceptors (Lipinski definition) is 3. The smallest absolute Gasteiger partial charge is 0.318 e. The first-order valence-corrected chi connectivity index (χ1v) is 8.63. The Morgan fingerprint density at radius 3 is 2.52 bits per heavy atom. The average molecular weight is 339 g/mol. The van der Waals surface area contributed by atoms with Crippen LogP contribution in [0.3, 0.4) is 0 Å². The summed E-state index contributed by atoms with van der Waals surface area (Å²) in [6.07, 6.45) is 4.66. The van der Waals surface area contributed by atoms with Crippen LogP contribution in [0.4, 0.5) is 4.79 Å². The fraction of sp³-hybridized carbons (Fsp3) is 0.400. The highest BCUT2D eigenvalue weighted by atomic mass is 16.3. The fourth-order valence-corrected chi connectivity index (χ4v) is 2.98. The number of nitrogens with zero attached hydrogens (tertiary/aromatic N) is 2. The van der Waals surface area contributed by atoms with Crippen LogP contribution in [0.5, 0.6) is 5.75 Å². The number of nitrogens with one attached hydrogen (secondary N) is 1. The number of hydrogen-bond donors (Lipinski definition) is 2. The lowest BCUT2D eigenvalue weighted by Gasteiger charge is -2.23. The van der Waals surface area contributed by atoms with Gasteiger partial charge in [0.2, 0.25) is 0 Å². The molecule has 132 valence electrons. The molecule has 1 aliphatic rings. The molecule has 1 saturated carbocycles. The van der Waals surface area contributed by atoms with Crippen molar-refractivity contribution >= 4 is 6.03 Å². The van der Waals surface area contributed by atoms with Crippen molar-refractivity contribution in [1.82, 2.24) is 15.2 Å². The van der Waals surface area contributed by atoms with Crippen LogP contribution in [0, 0.1) is 11.3 Å². The summed E-state index contributed by atoms with van der Waals surface area (Å²) in [4.78, 5) is 18.6. The van der Waals surface area contributed by atoms with Gasteiger partial charge in [0.15, 0.2) is 0 Å². The third kappa shape index (κ3) is 4.72. The Kier molecular flexibility index (Phi) is 4.93. The molecule has 25 heavy (non-hydrogen) atoms.